The van der Waals surface area contributed by atoms with Gasteiger partial charge < -0.3 is 4.42 Å². The summed E-state index contributed by atoms with van der Waals surface area (Å²) in [6, 6.07) is 8.04. The van der Waals surface area contributed by atoms with E-state index in [2.05, 4.69) is 15.0 Å². The maximum absolute atomic E-state index is 11.9. The molecule has 2 heterocycles. The number of fused-ring (bicyclic) bond motifs is 1. The van der Waals surface area contributed by atoms with Crippen LogP contribution < -0.4 is 10.0 Å². The highest BCUT2D eigenvalue weighted by atomic mass is 32.2. The molecule has 0 aliphatic heterocycles. The lowest BCUT2D eigenvalue weighted by Gasteiger charge is -2.00. The summed E-state index contributed by atoms with van der Waals surface area (Å²) in [6.07, 6.45) is 4.39. The number of benzene rings is 1. The van der Waals surface area contributed by atoms with E-state index in [0.29, 0.717) is 21.1 Å². The second-order valence-corrected chi connectivity index (χ2v) is 7.61. The number of carbonyl (C=O) groups is 1. The molecule has 0 aliphatic carbocycles. The molecule has 3 aromatic rings. The number of thiazole rings is 1. The fraction of sp³-hybridized carbons (Fsp3) is 0.0667. The predicted molar refractivity (Wildman–Crippen MR) is 92.2 cm³/mol. The van der Waals surface area contributed by atoms with Crippen molar-refractivity contribution in [2.75, 3.05) is 12.4 Å². The standard InChI is InChI=1S/C15H13N3O4S2/c1-16-24(20,21)11-5-6-12-13(9-11)23-15(17-12)18-14(19)7-4-10-3-2-8-22-10/h2-9,16H,1H3,(H,17,18,19). The molecular formula is C15H13N3O4S2. The molecule has 3 rings (SSSR count). The Kier molecular flexibility index (Phi) is 4.47. The molecule has 1 amide bonds. The third-order valence-corrected chi connectivity index (χ3v) is 5.46. The highest BCUT2D eigenvalue weighted by Gasteiger charge is 2.14. The average molecular weight is 363 g/mol. The second kappa shape index (κ2) is 6.56. The third kappa shape index (κ3) is 3.53. The summed E-state index contributed by atoms with van der Waals surface area (Å²) in [5.41, 5.74) is 0.611. The highest BCUT2D eigenvalue weighted by molar-refractivity contribution is 7.89. The van der Waals surface area contributed by atoms with Gasteiger partial charge in [-0.05, 0) is 43.5 Å². The molecule has 0 radical (unpaired) electrons. The van der Waals surface area contributed by atoms with Gasteiger partial charge in [0.25, 0.3) is 0 Å². The SMILES string of the molecule is CNS(=O)(=O)c1ccc2nc(NC(=O)C=Cc3ccco3)sc2c1. The Labute approximate surface area is 142 Å². The average Bonchev–Trinajstić information content (AvgIpc) is 3.21. The monoisotopic (exact) mass is 363 g/mol. The Morgan fingerprint density at radius 1 is 1.33 bits per heavy atom. The molecule has 7 nitrogen and oxygen atoms in total. The number of aromatic nitrogens is 1. The Bertz CT molecular complexity index is 1000. The van der Waals surface area contributed by atoms with E-state index in [4.69, 9.17) is 4.42 Å². The van der Waals surface area contributed by atoms with E-state index < -0.39 is 10.0 Å². The number of hydrogen-bond donors (Lipinski definition) is 2. The first-order valence-electron chi connectivity index (χ1n) is 6.85. The van der Waals surface area contributed by atoms with E-state index in [1.165, 1.54) is 42.9 Å². The molecule has 0 fully saturated rings. The van der Waals surface area contributed by atoms with Gasteiger partial charge in [-0.3, -0.25) is 10.1 Å². The normalized spacial score (nSPS) is 12.0. The Hall–Kier alpha value is -2.49. The van der Waals surface area contributed by atoms with E-state index in [1.54, 1.807) is 24.3 Å². The van der Waals surface area contributed by atoms with Gasteiger partial charge in [-0.15, -0.1) is 0 Å². The van der Waals surface area contributed by atoms with E-state index in [0.717, 1.165) is 0 Å². The van der Waals surface area contributed by atoms with Crippen molar-refractivity contribution in [2.45, 2.75) is 4.90 Å². The van der Waals surface area contributed by atoms with Crippen LogP contribution in [0.1, 0.15) is 5.76 Å². The summed E-state index contributed by atoms with van der Waals surface area (Å²) in [4.78, 5) is 16.3. The van der Waals surface area contributed by atoms with Crippen LogP contribution in [0, 0.1) is 0 Å². The third-order valence-electron chi connectivity index (χ3n) is 3.11. The van der Waals surface area contributed by atoms with Crippen LogP contribution in [0.3, 0.4) is 0 Å². The summed E-state index contributed by atoms with van der Waals surface area (Å²) >= 11 is 1.20. The smallest absolute Gasteiger partial charge is 0.250 e. The van der Waals surface area contributed by atoms with Crippen LogP contribution in [0.4, 0.5) is 5.13 Å². The van der Waals surface area contributed by atoms with Crippen LogP contribution in [-0.4, -0.2) is 26.4 Å². The molecule has 0 saturated heterocycles. The molecule has 2 aromatic heterocycles. The number of hydrogen-bond acceptors (Lipinski definition) is 6. The molecule has 0 atom stereocenters. The van der Waals surface area contributed by atoms with Gasteiger partial charge in [-0.1, -0.05) is 11.3 Å². The number of rotatable bonds is 5. The summed E-state index contributed by atoms with van der Waals surface area (Å²) < 4.78 is 31.6. The van der Waals surface area contributed by atoms with E-state index >= 15 is 0 Å². The number of carbonyl (C=O) groups excluding carboxylic acids is 1. The number of sulfonamides is 1. The topological polar surface area (TPSA) is 101 Å². The van der Waals surface area contributed by atoms with Crippen molar-refractivity contribution in [2.24, 2.45) is 0 Å². The maximum atomic E-state index is 11.9. The van der Waals surface area contributed by atoms with Gasteiger partial charge in [0.15, 0.2) is 5.13 Å². The highest BCUT2D eigenvalue weighted by Crippen LogP contribution is 2.28. The van der Waals surface area contributed by atoms with E-state index in [1.807, 2.05) is 0 Å². The van der Waals surface area contributed by atoms with Crippen molar-refractivity contribution in [1.29, 1.82) is 0 Å². The number of nitrogens with one attached hydrogen (secondary N) is 2. The van der Waals surface area contributed by atoms with Gasteiger partial charge in [0.2, 0.25) is 15.9 Å². The lowest BCUT2D eigenvalue weighted by atomic mass is 10.3. The zero-order valence-electron chi connectivity index (χ0n) is 12.5. The van der Waals surface area contributed by atoms with Gasteiger partial charge in [0, 0.05) is 6.08 Å². The molecule has 0 saturated carbocycles. The van der Waals surface area contributed by atoms with Crippen molar-refractivity contribution in [3.63, 3.8) is 0 Å². The molecule has 0 spiro atoms. The van der Waals surface area contributed by atoms with Crippen LogP contribution in [0.5, 0.6) is 0 Å². The predicted octanol–water partition coefficient (Wildman–Crippen LogP) is 2.45. The largest absolute Gasteiger partial charge is 0.465 e. The minimum atomic E-state index is -3.52. The van der Waals surface area contributed by atoms with Crippen molar-refractivity contribution in [3.8, 4) is 0 Å². The van der Waals surface area contributed by atoms with Gasteiger partial charge in [-0.2, -0.15) is 0 Å². The molecular weight excluding hydrogens is 350 g/mol. The molecule has 0 unspecified atom stereocenters. The second-order valence-electron chi connectivity index (χ2n) is 4.69. The van der Waals surface area contributed by atoms with Gasteiger partial charge >= 0.3 is 0 Å². The van der Waals surface area contributed by atoms with Crippen LogP contribution in [0.2, 0.25) is 0 Å². The fourth-order valence-corrected chi connectivity index (χ4v) is 3.67. The number of amides is 1. The van der Waals surface area contributed by atoms with Crippen LogP contribution in [0.15, 0.2) is 52.0 Å². The zero-order chi connectivity index (χ0) is 17.2. The molecule has 1 aromatic carbocycles. The lowest BCUT2D eigenvalue weighted by molar-refractivity contribution is -0.111. The van der Waals surface area contributed by atoms with E-state index in [-0.39, 0.29) is 10.8 Å². The van der Waals surface area contributed by atoms with Crippen LogP contribution >= 0.6 is 11.3 Å². The summed E-state index contributed by atoms with van der Waals surface area (Å²) in [6.45, 7) is 0. The first kappa shape index (κ1) is 16.4. The minimum Gasteiger partial charge on any atom is -0.465 e. The van der Waals surface area contributed by atoms with Crippen molar-refractivity contribution in [3.05, 3.63) is 48.4 Å². The quantitative estimate of drug-likeness (QED) is 0.678. The Morgan fingerprint density at radius 3 is 2.88 bits per heavy atom. The van der Waals surface area contributed by atoms with Crippen LogP contribution in [-0.2, 0) is 14.8 Å². The van der Waals surface area contributed by atoms with Crippen molar-refractivity contribution >= 4 is 48.7 Å². The maximum Gasteiger partial charge on any atom is 0.250 e. The number of furan rings is 1. The summed E-state index contributed by atoms with van der Waals surface area (Å²) in [5.74, 6) is 0.213. The van der Waals surface area contributed by atoms with Gasteiger partial charge in [0.1, 0.15) is 5.76 Å². The molecule has 24 heavy (non-hydrogen) atoms. The van der Waals surface area contributed by atoms with E-state index in [9.17, 15) is 13.2 Å². The van der Waals surface area contributed by atoms with Crippen molar-refractivity contribution in [1.82, 2.24) is 9.71 Å². The van der Waals surface area contributed by atoms with Gasteiger partial charge in [-0.25, -0.2) is 18.1 Å². The number of anilines is 1. The van der Waals surface area contributed by atoms with Crippen molar-refractivity contribution < 1.29 is 17.6 Å². The fourth-order valence-electron chi connectivity index (χ4n) is 1.93. The lowest BCUT2D eigenvalue weighted by Crippen LogP contribution is -2.18. The Morgan fingerprint density at radius 2 is 2.17 bits per heavy atom. The number of nitrogens with zero attached hydrogens (tertiary/aromatic N) is 1. The summed E-state index contributed by atoms with van der Waals surface area (Å²) in [5, 5.41) is 3.03. The first-order valence-corrected chi connectivity index (χ1v) is 9.14. The minimum absolute atomic E-state index is 0.150. The molecule has 0 aliphatic rings. The summed E-state index contributed by atoms with van der Waals surface area (Å²) in [7, 11) is -2.17. The molecule has 2 N–H and O–H groups in total. The molecule has 124 valence electrons. The van der Waals surface area contributed by atoms with Gasteiger partial charge in [0.05, 0.1) is 21.4 Å². The molecule has 0 bridgehead atoms. The zero-order valence-corrected chi connectivity index (χ0v) is 14.1. The van der Waals surface area contributed by atoms with Crippen LogP contribution in [0.25, 0.3) is 16.3 Å². The first-order chi connectivity index (χ1) is 11.5. The molecule has 9 heteroatoms. The Balaban J connectivity index is 1.79.